The van der Waals surface area contributed by atoms with Gasteiger partial charge in [0.1, 0.15) is 11.2 Å². The highest BCUT2D eigenvalue weighted by molar-refractivity contribution is 9.09. The molecule has 2 bridgehead atoms. The number of esters is 3. The molecule has 1 saturated carbocycles. The summed E-state index contributed by atoms with van der Waals surface area (Å²) in [6.45, 7) is 4.00. The molecule has 0 unspecified atom stereocenters. The molecule has 4 rings (SSSR count). The van der Waals surface area contributed by atoms with Crippen LogP contribution in [-0.2, 0) is 33.3 Å². The Balaban J connectivity index is 1.88. The van der Waals surface area contributed by atoms with Gasteiger partial charge in [-0.2, -0.15) is 0 Å². The van der Waals surface area contributed by atoms with E-state index >= 15 is 0 Å². The maximum absolute atomic E-state index is 12.1. The van der Waals surface area contributed by atoms with E-state index < -0.39 is 40.3 Å². The Labute approximate surface area is 171 Å². The summed E-state index contributed by atoms with van der Waals surface area (Å²) < 4.78 is 23.9. The van der Waals surface area contributed by atoms with E-state index in [9.17, 15) is 14.4 Å². The third-order valence-corrected chi connectivity index (χ3v) is 7.23. The third kappa shape index (κ3) is 2.60. The number of allylic oxidation sites excluding steroid dienone is 2. The standard InChI is InChI=1S/C20H23BrO7/c1-12(22)25-17-6-4-5-7-18(17,26-13(2)23)11-20(27-14(3)24)9-16-15(21)8-19(20,10-17)28-16/h4-7,15-16H,8-11H2,1-3H3/t15-,16+,17+,18+,19-,20-/m0/s1. The molecule has 0 aromatic carbocycles. The zero-order valence-electron chi connectivity index (χ0n) is 16.0. The summed E-state index contributed by atoms with van der Waals surface area (Å²) in [5.41, 5.74) is -4.33. The van der Waals surface area contributed by atoms with Crippen LogP contribution in [0.1, 0.15) is 46.5 Å². The maximum Gasteiger partial charge on any atom is 0.303 e. The Bertz CT molecular complexity index is 802. The molecule has 28 heavy (non-hydrogen) atoms. The molecular weight excluding hydrogens is 432 g/mol. The van der Waals surface area contributed by atoms with Crippen LogP contribution in [0.25, 0.3) is 0 Å². The summed E-state index contributed by atoms with van der Waals surface area (Å²) in [4.78, 5) is 36.2. The quantitative estimate of drug-likeness (QED) is 0.367. The van der Waals surface area contributed by atoms with E-state index in [0.717, 1.165) is 0 Å². The number of carbonyl (C=O) groups is 3. The van der Waals surface area contributed by atoms with Gasteiger partial charge in [-0.05, 0) is 18.6 Å². The van der Waals surface area contributed by atoms with Gasteiger partial charge >= 0.3 is 17.9 Å². The van der Waals surface area contributed by atoms with Crippen molar-refractivity contribution in [1.82, 2.24) is 0 Å². The summed E-state index contributed by atoms with van der Waals surface area (Å²) in [5.74, 6) is -1.42. The van der Waals surface area contributed by atoms with Crippen molar-refractivity contribution in [3.05, 3.63) is 24.3 Å². The predicted molar refractivity (Wildman–Crippen MR) is 101 cm³/mol. The van der Waals surface area contributed by atoms with E-state index in [0.29, 0.717) is 12.8 Å². The van der Waals surface area contributed by atoms with Crippen molar-refractivity contribution in [3.63, 3.8) is 0 Å². The molecule has 152 valence electrons. The Morgan fingerprint density at radius 3 is 1.93 bits per heavy atom. The number of hydrogen-bond acceptors (Lipinski definition) is 7. The number of halogens is 1. The summed E-state index contributed by atoms with van der Waals surface area (Å²) in [5, 5.41) is 0. The van der Waals surface area contributed by atoms with Crippen LogP contribution in [0.2, 0.25) is 0 Å². The van der Waals surface area contributed by atoms with Gasteiger partial charge in [0.2, 0.25) is 0 Å². The first-order valence-corrected chi connectivity index (χ1v) is 10.3. The lowest BCUT2D eigenvalue weighted by atomic mass is 9.54. The lowest BCUT2D eigenvalue weighted by Crippen LogP contribution is -2.73. The van der Waals surface area contributed by atoms with Gasteiger partial charge in [0, 0.05) is 44.9 Å². The molecule has 0 N–H and O–H groups in total. The van der Waals surface area contributed by atoms with E-state index in [2.05, 4.69) is 15.9 Å². The molecule has 3 fully saturated rings. The minimum atomic E-state index is -1.28. The van der Waals surface area contributed by atoms with E-state index in [4.69, 9.17) is 18.9 Å². The topological polar surface area (TPSA) is 88.1 Å². The minimum absolute atomic E-state index is 0.106. The maximum atomic E-state index is 12.1. The largest absolute Gasteiger partial charge is 0.456 e. The molecule has 0 aromatic heterocycles. The SMILES string of the molecule is CC(=O)O[C@]12C[C@H]3O[C@@]1(C[C@@H]3Br)C[C@]1(OC(C)=O)C=CC=C[C@@]1(OC(C)=O)C2. The van der Waals surface area contributed by atoms with Gasteiger partial charge in [-0.25, -0.2) is 0 Å². The number of carbonyl (C=O) groups excluding carboxylic acids is 3. The Morgan fingerprint density at radius 2 is 1.43 bits per heavy atom. The molecule has 0 aromatic rings. The number of fused-ring (bicyclic) bond motifs is 2. The van der Waals surface area contributed by atoms with E-state index in [1.807, 2.05) is 0 Å². The second-order valence-corrected chi connectivity index (χ2v) is 9.38. The monoisotopic (exact) mass is 454 g/mol. The zero-order chi connectivity index (χ0) is 20.4. The Morgan fingerprint density at radius 1 is 0.893 bits per heavy atom. The first-order valence-electron chi connectivity index (χ1n) is 9.34. The summed E-state index contributed by atoms with van der Waals surface area (Å²) in [7, 11) is 0. The average Bonchev–Trinajstić information content (AvgIpc) is 2.99. The fourth-order valence-corrected chi connectivity index (χ4v) is 6.40. The fourth-order valence-electron chi connectivity index (χ4n) is 5.58. The second kappa shape index (κ2) is 6.16. The van der Waals surface area contributed by atoms with Crippen molar-refractivity contribution in [2.75, 3.05) is 0 Å². The molecule has 0 radical (unpaired) electrons. The molecule has 2 heterocycles. The summed E-state index contributed by atoms with van der Waals surface area (Å²) in [6.07, 6.45) is 8.33. The highest BCUT2D eigenvalue weighted by atomic mass is 79.9. The van der Waals surface area contributed by atoms with Crippen LogP contribution < -0.4 is 0 Å². The first-order chi connectivity index (χ1) is 13.1. The van der Waals surface area contributed by atoms with Crippen LogP contribution in [0.15, 0.2) is 24.3 Å². The van der Waals surface area contributed by atoms with Crippen LogP contribution in [0.4, 0.5) is 0 Å². The molecule has 0 amide bonds. The van der Waals surface area contributed by atoms with Crippen LogP contribution >= 0.6 is 15.9 Å². The van der Waals surface area contributed by atoms with Crippen LogP contribution in [0.3, 0.4) is 0 Å². The molecular formula is C20H23BrO7. The zero-order valence-corrected chi connectivity index (χ0v) is 17.6. The van der Waals surface area contributed by atoms with Gasteiger partial charge in [-0.3, -0.25) is 14.4 Å². The lowest BCUT2D eigenvalue weighted by molar-refractivity contribution is -0.260. The van der Waals surface area contributed by atoms with Crippen molar-refractivity contribution in [2.24, 2.45) is 0 Å². The first kappa shape index (κ1) is 19.6. The molecule has 2 aliphatic heterocycles. The van der Waals surface area contributed by atoms with Crippen LogP contribution in [-0.4, -0.2) is 51.2 Å². The second-order valence-electron chi connectivity index (χ2n) is 8.20. The van der Waals surface area contributed by atoms with Gasteiger partial charge in [0.15, 0.2) is 11.2 Å². The van der Waals surface area contributed by atoms with E-state index in [1.54, 1.807) is 24.3 Å². The summed E-state index contributed by atoms with van der Waals surface area (Å²) in [6, 6.07) is 0. The lowest BCUT2D eigenvalue weighted by Gasteiger charge is -2.60. The van der Waals surface area contributed by atoms with Crippen molar-refractivity contribution in [2.45, 2.75) is 79.8 Å². The van der Waals surface area contributed by atoms with Crippen LogP contribution in [0.5, 0.6) is 0 Å². The van der Waals surface area contributed by atoms with Crippen LogP contribution in [0, 0.1) is 0 Å². The average molecular weight is 455 g/mol. The number of hydrogen-bond donors (Lipinski definition) is 0. The van der Waals surface area contributed by atoms with E-state index in [-0.39, 0.29) is 23.8 Å². The molecule has 2 saturated heterocycles. The molecule has 2 aliphatic carbocycles. The van der Waals surface area contributed by atoms with Crippen molar-refractivity contribution < 1.29 is 33.3 Å². The molecule has 1 spiro atoms. The van der Waals surface area contributed by atoms with Gasteiger partial charge in [0.25, 0.3) is 0 Å². The summed E-state index contributed by atoms with van der Waals surface area (Å²) >= 11 is 3.66. The highest BCUT2D eigenvalue weighted by Crippen LogP contribution is 2.66. The van der Waals surface area contributed by atoms with Gasteiger partial charge in [-0.1, -0.05) is 28.1 Å². The molecule has 7 nitrogen and oxygen atoms in total. The van der Waals surface area contributed by atoms with E-state index in [1.165, 1.54) is 20.8 Å². The van der Waals surface area contributed by atoms with Gasteiger partial charge < -0.3 is 18.9 Å². The van der Waals surface area contributed by atoms with Crippen molar-refractivity contribution in [3.8, 4) is 0 Å². The predicted octanol–water partition coefficient (Wildman–Crippen LogP) is 2.51. The Kier molecular flexibility index (Phi) is 4.32. The molecule has 6 atom stereocenters. The van der Waals surface area contributed by atoms with Gasteiger partial charge in [-0.15, -0.1) is 0 Å². The smallest absolute Gasteiger partial charge is 0.303 e. The fraction of sp³-hybridized carbons (Fsp3) is 0.650. The Hall–Kier alpha value is -1.67. The van der Waals surface area contributed by atoms with Crippen molar-refractivity contribution >= 4 is 33.8 Å². The minimum Gasteiger partial charge on any atom is -0.456 e. The normalized spacial score (nSPS) is 45.1. The highest BCUT2D eigenvalue weighted by Gasteiger charge is 2.78. The molecule has 4 aliphatic rings. The van der Waals surface area contributed by atoms with Gasteiger partial charge in [0.05, 0.1) is 6.10 Å². The van der Waals surface area contributed by atoms with Crippen molar-refractivity contribution in [1.29, 1.82) is 0 Å². The number of rotatable bonds is 3. The number of alkyl halides is 1. The molecule has 8 heteroatoms. The number of ether oxygens (including phenoxy) is 4. The third-order valence-electron chi connectivity index (χ3n) is 6.31.